The molecule has 5 atom stereocenters. The van der Waals surface area contributed by atoms with E-state index >= 15 is 0 Å². The molecule has 1 fully saturated rings. The molecule has 0 aliphatic carbocycles. The van der Waals surface area contributed by atoms with Crippen molar-refractivity contribution in [3.63, 3.8) is 0 Å². The molecular formula is C14H20O9. The normalized spacial score (nSPS) is 30.8. The fourth-order valence-corrected chi connectivity index (χ4v) is 2.28. The summed E-state index contributed by atoms with van der Waals surface area (Å²) < 4.78 is 20.8. The lowest BCUT2D eigenvalue weighted by atomic mass is 9.99. The van der Waals surface area contributed by atoms with Crippen molar-refractivity contribution in [2.75, 3.05) is 20.8 Å². The van der Waals surface area contributed by atoms with Crippen LogP contribution in [0.3, 0.4) is 0 Å². The molecule has 0 saturated carbocycles. The second kappa shape index (κ2) is 7.20. The standard InChI is InChI=1S/C14H20O9/c1-20-7-4-3-6(16)12(13(7)21-2)23-14-11(19)10(18)9(17)8(5-15)22-14/h3-4,8-11,14-19H,5H2,1-2H3/t8-,9-,10+,11-,14-/m1/s1. The van der Waals surface area contributed by atoms with Crippen LogP contribution in [0.15, 0.2) is 12.1 Å². The van der Waals surface area contributed by atoms with Crippen LogP contribution in [-0.2, 0) is 4.74 Å². The first-order valence-corrected chi connectivity index (χ1v) is 6.85. The van der Waals surface area contributed by atoms with Gasteiger partial charge < -0.3 is 44.5 Å². The molecule has 1 aliphatic rings. The van der Waals surface area contributed by atoms with Crippen molar-refractivity contribution < 1.29 is 44.5 Å². The molecule has 130 valence electrons. The Morgan fingerprint density at radius 3 is 2.26 bits per heavy atom. The summed E-state index contributed by atoms with van der Waals surface area (Å²) in [5, 5.41) is 48.6. The van der Waals surface area contributed by atoms with Gasteiger partial charge in [0.1, 0.15) is 24.4 Å². The molecule has 9 nitrogen and oxygen atoms in total. The van der Waals surface area contributed by atoms with Crippen LogP contribution in [-0.4, -0.2) is 77.1 Å². The summed E-state index contributed by atoms with van der Waals surface area (Å²) in [6.45, 7) is -0.591. The van der Waals surface area contributed by atoms with Gasteiger partial charge in [0.25, 0.3) is 0 Å². The summed E-state index contributed by atoms with van der Waals surface area (Å²) >= 11 is 0. The average molecular weight is 332 g/mol. The minimum absolute atomic E-state index is 0.0597. The third-order valence-corrected chi connectivity index (χ3v) is 3.56. The first kappa shape index (κ1) is 17.6. The summed E-state index contributed by atoms with van der Waals surface area (Å²) in [7, 11) is 2.73. The molecule has 0 spiro atoms. The van der Waals surface area contributed by atoms with E-state index in [1.54, 1.807) is 0 Å². The van der Waals surface area contributed by atoms with Crippen molar-refractivity contribution in [1.29, 1.82) is 0 Å². The van der Waals surface area contributed by atoms with Crippen LogP contribution in [0.5, 0.6) is 23.0 Å². The molecule has 0 radical (unpaired) electrons. The molecule has 0 unspecified atom stereocenters. The van der Waals surface area contributed by atoms with Gasteiger partial charge in [-0.1, -0.05) is 0 Å². The zero-order valence-electron chi connectivity index (χ0n) is 12.6. The maximum absolute atomic E-state index is 9.97. The van der Waals surface area contributed by atoms with Gasteiger partial charge in [0.05, 0.1) is 20.8 Å². The Kier molecular flexibility index (Phi) is 5.50. The second-order valence-electron chi connectivity index (χ2n) is 4.96. The molecule has 0 bridgehead atoms. The number of benzene rings is 1. The number of aromatic hydroxyl groups is 1. The van der Waals surface area contributed by atoms with Crippen LogP contribution in [0.4, 0.5) is 0 Å². The smallest absolute Gasteiger partial charge is 0.229 e. The van der Waals surface area contributed by atoms with Crippen LogP contribution in [0.1, 0.15) is 0 Å². The van der Waals surface area contributed by atoms with Gasteiger partial charge in [0, 0.05) is 0 Å². The van der Waals surface area contributed by atoms with E-state index in [-0.39, 0.29) is 23.0 Å². The molecule has 1 aromatic carbocycles. The SMILES string of the molecule is COc1ccc(O)c(O[C@H]2O[C@H](CO)[C@@H](O)[C@H](O)[C@H]2O)c1OC. The average Bonchev–Trinajstić information content (AvgIpc) is 2.56. The van der Waals surface area contributed by atoms with Crippen LogP contribution in [0.2, 0.25) is 0 Å². The van der Waals surface area contributed by atoms with Gasteiger partial charge >= 0.3 is 0 Å². The zero-order chi connectivity index (χ0) is 17.1. The van der Waals surface area contributed by atoms with Crippen molar-refractivity contribution in [2.45, 2.75) is 30.7 Å². The number of methoxy groups -OCH3 is 2. The van der Waals surface area contributed by atoms with Crippen LogP contribution in [0, 0.1) is 0 Å². The molecule has 23 heavy (non-hydrogen) atoms. The van der Waals surface area contributed by atoms with Crippen molar-refractivity contribution >= 4 is 0 Å². The highest BCUT2D eigenvalue weighted by Gasteiger charge is 2.45. The fraction of sp³-hybridized carbons (Fsp3) is 0.571. The predicted octanol–water partition coefficient (Wildman–Crippen LogP) is -1.41. The van der Waals surface area contributed by atoms with E-state index < -0.39 is 37.3 Å². The van der Waals surface area contributed by atoms with Crippen molar-refractivity contribution in [3.8, 4) is 23.0 Å². The molecule has 9 heteroatoms. The zero-order valence-corrected chi connectivity index (χ0v) is 12.6. The first-order chi connectivity index (χ1) is 10.9. The van der Waals surface area contributed by atoms with Gasteiger partial charge in [-0.15, -0.1) is 0 Å². The van der Waals surface area contributed by atoms with E-state index in [9.17, 15) is 20.4 Å². The van der Waals surface area contributed by atoms with Gasteiger partial charge in [-0.3, -0.25) is 0 Å². The van der Waals surface area contributed by atoms with E-state index in [4.69, 9.17) is 24.1 Å². The van der Waals surface area contributed by atoms with Gasteiger partial charge in [-0.2, -0.15) is 0 Å². The van der Waals surface area contributed by atoms with Crippen LogP contribution < -0.4 is 14.2 Å². The van der Waals surface area contributed by atoms with Crippen molar-refractivity contribution in [1.82, 2.24) is 0 Å². The number of phenols is 1. The van der Waals surface area contributed by atoms with E-state index in [0.717, 1.165) is 0 Å². The summed E-state index contributed by atoms with van der Waals surface area (Å²) in [4.78, 5) is 0. The molecule has 1 heterocycles. The van der Waals surface area contributed by atoms with Crippen molar-refractivity contribution in [2.24, 2.45) is 0 Å². The lowest BCUT2D eigenvalue weighted by Crippen LogP contribution is -2.60. The third kappa shape index (κ3) is 3.28. The number of rotatable bonds is 5. The second-order valence-corrected chi connectivity index (χ2v) is 4.96. The Morgan fingerprint density at radius 1 is 1.00 bits per heavy atom. The number of ether oxygens (including phenoxy) is 4. The Labute approximate surface area is 132 Å². The number of aliphatic hydroxyl groups excluding tert-OH is 4. The lowest BCUT2D eigenvalue weighted by molar-refractivity contribution is -0.277. The number of phenolic OH excluding ortho intramolecular Hbond substituents is 1. The van der Waals surface area contributed by atoms with Gasteiger partial charge in [-0.25, -0.2) is 0 Å². The highest BCUT2D eigenvalue weighted by Crippen LogP contribution is 2.44. The van der Waals surface area contributed by atoms with Crippen LogP contribution >= 0.6 is 0 Å². The van der Waals surface area contributed by atoms with Gasteiger partial charge in [0.15, 0.2) is 11.5 Å². The molecule has 0 aromatic heterocycles. The quantitative estimate of drug-likeness (QED) is 0.440. The van der Waals surface area contributed by atoms with E-state index in [1.807, 2.05) is 0 Å². The molecule has 1 aromatic rings. The maximum Gasteiger partial charge on any atom is 0.229 e. The number of hydrogen-bond donors (Lipinski definition) is 5. The summed E-state index contributed by atoms with van der Waals surface area (Å²) in [6.07, 6.45) is -7.28. The molecule has 1 saturated heterocycles. The fourth-order valence-electron chi connectivity index (χ4n) is 2.28. The molecule has 5 N–H and O–H groups in total. The van der Waals surface area contributed by atoms with E-state index in [2.05, 4.69) is 0 Å². The Balaban J connectivity index is 2.31. The third-order valence-electron chi connectivity index (χ3n) is 3.56. The first-order valence-electron chi connectivity index (χ1n) is 6.85. The maximum atomic E-state index is 9.97. The summed E-state index contributed by atoms with van der Waals surface area (Å²) in [5.74, 6) is -0.148. The monoisotopic (exact) mass is 332 g/mol. The topological polar surface area (TPSA) is 138 Å². The van der Waals surface area contributed by atoms with Crippen LogP contribution in [0.25, 0.3) is 0 Å². The molecule has 2 rings (SSSR count). The molecule has 1 aliphatic heterocycles. The van der Waals surface area contributed by atoms with Crippen molar-refractivity contribution in [3.05, 3.63) is 12.1 Å². The van der Waals surface area contributed by atoms with Gasteiger partial charge in [-0.05, 0) is 12.1 Å². The summed E-state index contributed by atoms with van der Waals surface area (Å²) in [5.41, 5.74) is 0. The minimum atomic E-state index is -1.61. The lowest BCUT2D eigenvalue weighted by Gasteiger charge is -2.39. The number of aliphatic hydroxyl groups is 4. The highest BCUT2D eigenvalue weighted by atomic mass is 16.7. The summed E-state index contributed by atoms with van der Waals surface area (Å²) in [6, 6.07) is 2.75. The Morgan fingerprint density at radius 2 is 1.70 bits per heavy atom. The van der Waals surface area contributed by atoms with E-state index in [1.165, 1.54) is 26.4 Å². The van der Waals surface area contributed by atoms with E-state index in [0.29, 0.717) is 0 Å². The highest BCUT2D eigenvalue weighted by molar-refractivity contribution is 5.58. The molecular weight excluding hydrogens is 312 g/mol. The largest absolute Gasteiger partial charge is 0.504 e. The Hall–Kier alpha value is -1.78. The minimum Gasteiger partial charge on any atom is -0.504 e. The Bertz CT molecular complexity index is 533. The predicted molar refractivity (Wildman–Crippen MR) is 75.6 cm³/mol. The van der Waals surface area contributed by atoms with Gasteiger partial charge in [0.2, 0.25) is 17.8 Å². The number of hydrogen-bond acceptors (Lipinski definition) is 9. The molecule has 0 amide bonds.